The van der Waals surface area contributed by atoms with Crippen LogP contribution in [0.1, 0.15) is 13.3 Å². The molecule has 0 aliphatic heterocycles. The quantitative estimate of drug-likeness (QED) is 0.422. The summed E-state index contributed by atoms with van der Waals surface area (Å²) in [6, 6.07) is 0. The van der Waals surface area contributed by atoms with Crippen LogP contribution in [0.3, 0.4) is 0 Å². The lowest BCUT2D eigenvalue weighted by molar-refractivity contribution is 0.532. The van der Waals surface area contributed by atoms with E-state index >= 15 is 0 Å². The maximum Gasteiger partial charge on any atom is 0.0953 e. The predicted molar refractivity (Wildman–Crippen MR) is 28.9 cm³/mol. The Labute approximate surface area is 50.1 Å². The highest BCUT2D eigenvalue weighted by molar-refractivity contribution is 7.81. The van der Waals surface area contributed by atoms with Gasteiger partial charge in [0, 0.05) is 0 Å². The van der Waals surface area contributed by atoms with Gasteiger partial charge in [0.05, 0.1) is 4.71 Å². The Morgan fingerprint density at radius 1 is 2.00 bits per heavy atom. The van der Waals surface area contributed by atoms with Crippen LogP contribution in [0.2, 0.25) is 0 Å². The molecule has 0 heterocycles. The first-order valence-electron chi connectivity index (χ1n) is 1.90. The Morgan fingerprint density at radius 2 is 2.43 bits per heavy atom. The molecule has 0 bridgehead atoms. The van der Waals surface area contributed by atoms with Crippen LogP contribution in [0, 0.1) is 0 Å². The van der Waals surface area contributed by atoms with E-state index in [4.69, 9.17) is 11.6 Å². The summed E-state index contributed by atoms with van der Waals surface area (Å²) in [7, 11) is 0. The lowest BCUT2D eigenvalue weighted by atomic mass is 10.6. The largest absolute Gasteiger partial charge is 0.771 e. The van der Waals surface area contributed by atoms with Crippen LogP contribution in [0.4, 0.5) is 0 Å². The fourth-order valence-corrected chi connectivity index (χ4v) is 0.408. The van der Waals surface area contributed by atoms with Crippen molar-refractivity contribution < 1.29 is 8.76 Å². The molecular formula is C3H6ClO2S-. The third kappa shape index (κ3) is 3.02. The monoisotopic (exact) mass is 141 g/mol. The molecule has 0 saturated heterocycles. The smallest absolute Gasteiger partial charge is 0.0953 e. The van der Waals surface area contributed by atoms with Crippen LogP contribution >= 0.6 is 11.6 Å². The van der Waals surface area contributed by atoms with Gasteiger partial charge in [0.25, 0.3) is 0 Å². The molecule has 0 saturated carbocycles. The minimum atomic E-state index is -2.09. The van der Waals surface area contributed by atoms with E-state index in [-0.39, 0.29) is 0 Å². The second-order valence-corrected chi connectivity index (χ2v) is 2.95. The molecule has 0 amide bonds. The molecule has 4 heteroatoms. The standard InChI is InChI=1S/C3H7ClO2S/c1-2-3(4)7(5)6/h3H,2H2,1H3,(H,5,6)/p-1. The van der Waals surface area contributed by atoms with Crippen molar-refractivity contribution in [2.45, 2.75) is 18.1 Å². The van der Waals surface area contributed by atoms with Crippen molar-refractivity contribution >= 4 is 22.7 Å². The Balaban J connectivity index is 3.34. The first-order valence-corrected chi connectivity index (χ1v) is 3.48. The molecule has 2 atom stereocenters. The van der Waals surface area contributed by atoms with Gasteiger partial charge in [-0.25, -0.2) is 0 Å². The summed E-state index contributed by atoms with van der Waals surface area (Å²) >= 11 is 3.09. The summed E-state index contributed by atoms with van der Waals surface area (Å²) in [5.41, 5.74) is 0. The van der Waals surface area contributed by atoms with Crippen LogP contribution in [-0.2, 0) is 11.1 Å². The van der Waals surface area contributed by atoms with E-state index in [1.54, 1.807) is 6.92 Å². The minimum absolute atomic E-state index is 0.470. The Kier molecular flexibility index (Phi) is 3.60. The van der Waals surface area contributed by atoms with Gasteiger partial charge in [0.2, 0.25) is 0 Å². The molecule has 7 heavy (non-hydrogen) atoms. The highest BCUT2D eigenvalue weighted by Crippen LogP contribution is 2.02. The fraction of sp³-hybridized carbons (Fsp3) is 1.00. The molecule has 0 fully saturated rings. The zero-order valence-electron chi connectivity index (χ0n) is 3.89. The van der Waals surface area contributed by atoms with E-state index < -0.39 is 15.8 Å². The van der Waals surface area contributed by atoms with Crippen molar-refractivity contribution in [1.82, 2.24) is 0 Å². The number of halogens is 1. The maximum absolute atomic E-state index is 9.80. The summed E-state index contributed by atoms with van der Waals surface area (Å²) in [5, 5.41) is 0. The third-order valence-electron chi connectivity index (χ3n) is 0.530. The van der Waals surface area contributed by atoms with E-state index in [1.807, 2.05) is 0 Å². The van der Waals surface area contributed by atoms with Crippen LogP contribution in [0.15, 0.2) is 0 Å². The van der Waals surface area contributed by atoms with E-state index in [0.717, 1.165) is 0 Å². The molecule has 0 radical (unpaired) electrons. The van der Waals surface area contributed by atoms with Crippen molar-refractivity contribution in [3.8, 4) is 0 Å². The van der Waals surface area contributed by atoms with Gasteiger partial charge in [0.1, 0.15) is 0 Å². The van der Waals surface area contributed by atoms with Gasteiger partial charge in [-0.2, -0.15) is 0 Å². The van der Waals surface area contributed by atoms with Gasteiger partial charge >= 0.3 is 0 Å². The zero-order valence-corrected chi connectivity index (χ0v) is 5.46. The predicted octanol–water partition coefficient (Wildman–Crippen LogP) is 0.840. The van der Waals surface area contributed by atoms with Crippen molar-refractivity contribution in [1.29, 1.82) is 0 Å². The summed E-state index contributed by atoms with van der Waals surface area (Å²) in [6.45, 7) is 1.72. The molecule has 0 rings (SSSR count). The van der Waals surface area contributed by atoms with Crippen molar-refractivity contribution in [3.05, 3.63) is 0 Å². The lowest BCUT2D eigenvalue weighted by Gasteiger charge is -2.07. The first-order chi connectivity index (χ1) is 3.18. The maximum atomic E-state index is 9.80. The summed E-state index contributed by atoms with van der Waals surface area (Å²) in [4.78, 5) is 0. The molecule has 0 aromatic heterocycles. The highest BCUT2D eigenvalue weighted by atomic mass is 35.5. The van der Waals surface area contributed by atoms with Crippen LogP contribution in [0.5, 0.6) is 0 Å². The molecule has 0 aromatic carbocycles. The fourth-order valence-electron chi connectivity index (χ4n) is 0.136. The molecule has 0 aliphatic carbocycles. The van der Waals surface area contributed by atoms with Gasteiger partial charge < -0.3 is 4.55 Å². The SMILES string of the molecule is CCC(Cl)S(=O)[O-]. The molecule has 2 unspecified atom stereocenters. The Bertz CT molecular complexity index is 75.3. The number of rotatable bonds is 2. The zero-order chi connectivity index (χ0) is 5.86. The van der Waals surface area contributed by atoms with Gasteiger partial charge in [0.15, 0.2) is 0 Å². The molecule has 0 aromatic rings. The van der Waals surface area contributed by atoms with E-state index in [2.05, 4.69) is 0 Å². The van der Waals surface area contributed by atoms with Gasteiger partial charge in [-0.05, 0) is 17.5 Å². The summed E-state index contributed by atoms with van der Waals surface area (Å²) < 4.78 is 18.9. The molecule has 44 valence electrons. The molecule has 0 N–H and O–H groups in total. The van der Waals surface area contributed by atoms with Crippen molar-refractivity contribution in [2.75, 3.05) is 0 Å². The van der Waals surface area contributed by atoms with Crippen molar-refractivity contribution in [2.24, 2.45) is 0 Å². The van der Waals surface area contributed by atoms with E-state index in [0.29, 0.717) is 6.42 Å². The second-order valence-electron chi connectivity index (χ2n) is 1.08. The number of hydrogen-bond acceptors (Lipinski definition) is 2. The molecular weight excluding hydrogens is 136 g/mol. The normalized spacial score (nSPS) is 18.7. The average Bonchev–Trinajstić information content (AvgIpc) is 1.65. The Morgan fingerprint density at radius 3 is 2.43 bits per heavy atom. The van der Waals surface area contributed by atoms with Crippen LogP contribution in [-0.4, -0.2) is 13.5 Å². The number of hydrogen-bond donors (Lipinski definition) is 0. The van der Waals surface area contributed by atoms with E-state index in [1.165, 1.54) is 0 Å². The van der Waals surface area contributed by atoms with Gasteiger partial charge in [-0.15, -0.1) is 11.6 Å². The Hall–Kier alpha value is 0.400. The topological polar surface area (TPSA) is 40.1 Å². The van der Waals surface area contributed by atoms with Gasteiger partial charge in [-0.3, -0.25) is 4.21 Å². The van der Waals surface area contributed by atoms with Gasteiger partial charge in [-0.1, -0.05) is 6.92 Å². The summed E-state index contributed by atoms with van der Waals surface area (Å²) in [6.07, 6.45) is 0.470. The van der Waals surface area contributed by atoms with Crippen LogP contribution < -0.4 is 0 Å². The average molecular weight is 142 g/mol. The molecule has 2 nitrogen and oxygen atoms in total. The molecule has 0 aliphatic rings. The number of alkyl halides is 1. The second kappa shape index (κ2) is 3.41. The summed E-state index contributed by atoms with van der Waals surface area (Å²) in [5.74, 6) is 0. The lowest BCUT2D eigenvalue weighted by Crippen LogP contribution is -2.03. The van der Waals surface area contributed by atoms with Crippen LogP contribution in [0.25, 0.3) is 0 Å². The van der Waals surface area contributed by atoms with Crippen molar-refractivity contribution in [3.63, 3.8) is 0 Å². The van der Waals surface area contributed by atoms with E-state index in [9.17, 15) is 8.76 Å². The third-order valence-corrected chi connectivity index (χ3v) is 2.03. The minimum Gasteiger partial charge on any atom is -0.771 e. The highest BCUT2D eigenvalue weighted by Gasteiger charge is 1.96. The molecule has 0 spiro atoms. The first kappa shape index (κ1) is 7.40.